The largest absolute Gasteiger partial charge is 0.477 e. The average molecular weight is 316 g/mol. The highest BCUT2D eigenvalue weighted by Gasteiger charge is 2.22. The van der Waals surface area contributed by atoms with E-state index >= 15 is 0 Å². The van der Waals surface area contributed by atoms with Gasteiger partial charge in [0, 0.05) is 0 Å². The van der Waals surface area contributed by atoms with E-state index in [1.165, 1.54) is 25.1 Å². The number of hydrogen-bond acceptors (Lipinski definition) is 5. The lowest BCUT2D eigenvalue weighted by molar-refractivity contribution is 0.0701. The topological polar surface area (TPSA) is 96.4 Å². The third kappa shape index (κ3) is 2.94. The molecule has 0 fully saturated rings. The number of nitrogens with one attached hydrogen (secondary N) is 1. The van der Waals surface area contributed by atoms with Gasteiger partial charge in [0.15, 0.2) is 0 Å². The molecular formula is C11H9FN2O4S2. The summed E-state index contributed by atoms with van der Waals surface area (Å²) >= 11 is 0.626. The van der Waals surface area contributed by atoms with Gasteiger partial charge in [0.2, 0.25) is 5.95 Å². The van der Waals surface area contributed by atoms with Crippen molar-refractivity contribution in [3.8, 4) is 0 Å². The van der Waals surface area contributed by atoms with E-state index in [-0.39, 0.29) is 14.9 Å². The van der Waals surface area contributed by atoms with E-state index in [1.54, 1.807) is 0 Å². The predicted octanol–water partition coefficient (Wildman–Crippen LogP) is 2.09. The Bertz CT molecular complexity index is 770. The minimum atomic E-state index is -3.99. The third-order valence-corrected chi connectivity index (χ3v) is 5.36. The van der Waals surface area contributed by atoms with Gasteiger partial charge in [-0.1, -0.05) is 6.07 Å². The summed E-state index contributed by atoms with van der Waals surface area (Å²) in [4.78, 5) is 14.2. The number of nitrogens with zero attached hydrogens (tertiary/aromatic N) is 1. The molecule has 6 nitrogen and oxygen atoms in total. The van der Waals surface area contributed by atoms with Crippen molar-refractivity contribution >= 4 is 33.1 Å². The number of pyridine rings is 1. The van der Waals surface area contributed by atoms with Crippen molar-refractivity contribution in [2.75, 3.05) is 4.72 Å². The molecule has 0 aliphatic heterocycles. The number of aromatic carboxylic acids is 1. The first kappa shape index (κ1) is 14.4. The van der Waals surface area contributed by atoms with Crippen LogP contribution in [0.15, 0.2) is 28.5 Å². The predicted molar refractivity (Wildman–Crippen MR) is 71.0 cm³/mol. The van der Waals surface area contributed by atoms with Crippen molar-refractivity contribution in [1.82, 2.24) is 4.98 Å². The Morgan fingerprint density at radius 1 is 1.45 bits per heavy atom. The Morgan fingerprint density at radius 2 is 2.15 bits per heavy atom. The van der Waals surface area contributed by atoms with Crippen molar-refractivity contribution in [2.24, 2.45) is 0 Å². The van der Waals surface area contributed by atoms with Crippen molar-refractivity contribution in [2.45, 2.75) is 11.1 Å². The Hall–Kier alpha value is -2.00. The standard InChI is InChI=1S/C11H9FN2O4S2/c1-6-5-9(19-10(6)11(15)16)20(17,18)14-8-4-2-3-7(12)13-8/h2-5H,1H3,(H,13,14)(H,15,16). The minimum absolute atomic E-state index is 0.0578. The van der Waals surface area contributed by atoms with Crippen LogP contribution < -0.4 is 4.72 Å². The maximum atomic E-state index is 12.9. The number of halogens is 1. The van der Waals surface area contributed by atoms with E-state index in [4.69, 9.17) is 5.11 Å². The molecule has 0 spiro atoms. The third-order valence-electron chi connectivity index (χ3n) is 2.31. The summed E-state index contributed by atoms with van der Waals surface area (Å²) in [6.07, 6.45) is 0. The molecule has 106 valence electrons. The molecule has 2 rings (SSSR count). The molecule has 0 amide bonds. The van der Waals surface area contributed by atoms with E-state index < -0.39 is 21.9 Å². The molecule has 0 saturated heterocycles. The van der Waals surface area contributed by atoms with Gasteiger partial charge in [-0.3, -0.25) is 4.72 Å². The number of thiophene rings is 1. The van der Waals surface area contributed by atoms with Crippen LogP contribution in [0.25, 0.3) is 0 Å². The molecule has 2 heterocycles. The molecule has 2 N–H and O–H groups in total. The smallest absolute Gasteiger partial charge is 0.346 e. The van der Waals surface area contributed by atoms with Crippen LogP contribution in [-0.4, -0.2) is 24.5 Å². The van der Waals surface area contributed by atoms with Gasteiger partial charge in [-0.2, -0.15) is 4.39 Å². The Morgan fingerprint density at radius 3 is 2.70 bits per heavy atom. The maximum absolute atomic E-state index is 12.9. The average Bonchev–Trinajstić information content (AvgIpc) is 2.71. The number of sulfonamides is 1. The summed E-state index contributed by atoms with van der Waals surface area (Å²) in [7, 11) is -3.99. The van der Waals surface area contributed by atoms with Gasteiger partial charge in [0.1, 0.15) is 14.9 Å². The number of carboxylic acids is 1. The Kier molecular flexibility index (Phi) is 3.73. The molecule has 0 aromatic carbocycles. The fraction of sp³-hybridized carbons (Fsp3) is 0.0909. The van der Waals surface area contributed by atoms with Gasteiger partial charge in [0.05, 0.1) is 0 Å². The number of carbonyl (C=O) groups is 1. The van der Waals surface area contributed by atoms with Crippen molar-refractivity contribution in [1.29, 1.82) is 0 Å². The van der Waals surface area contributed by atoms with Crippen LogP contribution in [-0.2, 0) is 10.0 Å². The second kappa shape index (κ2) is 5.17. The van der Waals surface area contributed by atoms with Gasteiger partial charge in [0.25, 0.3) is 10.0 Å². The zero-order chi connectivity index (χ0) is 14.9. The molecule has 20 heavy (non-hydrogen) atoms. The lowest BCUT2D eigenvalue weighted by Gasteiger charge is -2.04. The highest BCUT2D eigenvalue weighted by Crippen LogP contribution is 2.27. The summed E-state index contributed by atoms with van der Waals surface area (Å²) in [5.74, 6) is -2.19. The van der Waals surface area contributed by atoms with Gasteiger partial charge in [-0.15, -0.1) is 11.3 Å². The highest BCUT2D eigenvalue weighted by molar-refractivity contribution is 7.94. The second-order valence-electron chi connectivity index (χ2n) is 3.83. The van der Waals surface area contributed by atoms with E-state index in [0.29, 0.717) is 16.9 Å². The number of carboxylic acid groups (broad SMARTS) is 1. The quantitative estimate of drug-likeness (QED) is 0.842. The van der Waals surface area contributed by atoms with Gasteiger partial charge in [-0.05, 0) is 30.7 Å². The maximum Gasteiger partial charge on any atom is 0.346 e. The summed E-state index contributed by atoms with van der Waals surface area (Å²) < 4.78 is 38.9. The van der Waals surface area contributed by atoms with E-state index in [1.807, 2.05) is 0 Å². The summed E-state index contributed by atoms with van der Waals surface area (Å²) in [6.45, 7) is 1.50. The normalized spacial score (nSPS) is 11.3. The van der Waals surface area contributed by atoms with Crippen molar-refractivity contribution in [3.63, 3.8) is 0 Å². The van der Waals surface area contributed by atoms with E-state index in [2.05, 4.69) is 9.71 Å². The second-order valence-corrected chi connectivity index (χ2v) is 6.80. The molecule has 0 unspecified atom stereocenters. The number of hydrogen-bond donors (Lipinski definition) is 2. The minimum Gasteiger partial charge on any atom is -0.477 e. The molecule has 2 aromatic heterocycles. The van der Waals surface area contributed by atoms with Crippen molar-refractivity contribution < 1.29 is 22.7 Å². The van der Waals surface area contributed by atoms with E-state index in [9.17, 15) is 17.6 Å². The summed E-state index contributed by atoms with van der Waals surface area (Å²) in [5, 5.41) is 8.90. The van der Waals surface area contributed by atoms with Crippen LogP contribution in [0.1, 0.15) is 15.2 Å². The highest BCUT2D eigenvalue weighted by atomic mass is 32.2. The molecule has 0 bridgehead atoms. The van der Waals surface area contributed by atoms with Crippen LogP contribution >= 0.6 is 11.3 Å². The lowest BCUT2D eigenvalue weighted by atomic mass is 10.3. The Balaban J connectivity index is 2.36. The first-order chi connectivity index (χ1) is 9.29. The number of rotatable bonds is 4. The van der Waals surface area contributed by atoms with Crippen LogP contribution in [0.2, 0.25) is 0 Å². The van der Waals surface area contributed by atoms with Gasteiger partial charge >= 0.3 is 5.97 Å². The SMILES string of the molecule is Cc1cc(S(=O)(=O)Nc2cccc(F)n2)sc1C(=O)O. The lowest BCUT2D eigenvalue weighted by Crippen LogP contribution is -2.12. The fourth-order valence-electron chi connectivity index (χ4n) is 1.45. The number of aryl methyl sites for hydroxylation is 1. The molecule has 0 saturated carbocycles. The van der Waals surface area contributed by atoms with Crippen LogP contribution in [0.5, 0.6) is 0 Å². The number of aromatic nitrogens is 1. The molecule has 2 aromatic rings. The van der Waals surface area contributed by atoms with Crippen LogP contribution in [0.3, 0.4) is 0 Å². The molecular weight excluding hydrogens is 307 g/mol. The molecule has 9 heteroatoms. The Labute approximate surface area is 118 Å². The molecule has 0 atom stereocenters. The zero-order valence-electron chi connectivity index (χ0n) is 10.1. The van der Waals surface area contributed by atoms with Crippen LogP contribution in [0, 0.1) is 12.9 Å². The first-order valence-electron chi connectivity index (χ1n) is 5.29. The van der Waals surface area contributed by atoms with Gasteiger partial charge in [-0.25, -0.2) is 18.2 Å². The van der Waals surface area contributed by atoms with Gasteiger partial charge < -0.3 is 5.11 Å². The monoisotopic (exact) mass is 316 g/mol. The van der Waals surface area contributed by atoms with E-state index in [0.717, 1.165) is 6.07 Å². The molecule has 0 aliphatic carbocycles. The van der Waals surface area contributed by atoms with Crippen LogP contribution in [0.4, 0.5) is 10.2 Å². The zero-order valence-corrected chi connectivity index (χ0v) is 11.8. The molecule has 0 radical (unpaired) electrons. The summed E-state index contributed by atoms with van der Waals surface area (Å²) in [6, 6.07) is 4.92. The summed E-state index contributed by atoms with van der Waals surface area (Å²) in [5.41, 5.74) is 0.343. The first-order valence-corrected chi connectivity index (χ1v) is 7.58. The van der Waals surface area contributed by atoms with Crippen molar-refractivity contribution in [3.05, 3.63) is 40.7 Å². The fourth-order valence-corrected chi connectivity index (χ4v) is 3.83. The molecule has 0 aliphatic rings. The number of anilines is 1.